The minimum Gasteiger partial charge on any atom is -0.497 e. The van der Waals surface area contributed by atoms with Gasteiger partial charge in [-0.25, -0.2) is 14.3 Å². The van der Waals surface area contributed by atoms with Crippen molar-refractivity contribution in [2.75, 3.05) is 7.11 Å². The van der Waals surface area contributed by atoms with Crippen molar-refractivity contribution in [3.05, 3.63) is 47.8 Å². The molecule has 0 radical (unpaired) electrons. The standard InChI is InChI=1S/C15H13N3O3/c1-9-12(15(19)20)8-16-14-7-13(17-18(9)14)10-3-5-11(21-2)6-4-10/h3-8H,1-2H3,(H,19,20). The molecule has 0 aliphatic heterocycles. The number of hydrogen-bond donors (Lipinski definition) is 1. The van der Waals surface area contributed by atoms with Gasteiger partial charge in [-0.2, -0.15) is 5.10 Å². The largest absolute Gasteiger partial charge is 0.497 e. The molecule has 0 fully saturated rings. The SMILES string of the molecule is COc1ccc(-c2cc3ncc(C(=O)O)c(C)n3n2)cc1. The van der Waals surface area contributed by atoms with Crippen LogP contribution in [0.25, 0.3) is 16.9 Å². The van der Waals surface area contributed by atoms with Gasteiger partial charge >= 0.3 is 5.97 Å². The second-order valence-electron chi connectivity index (χ2n) is 4.59. The Morgan fingerprint density at radius 3 is 2.62 bits per heavy atom. The van der Waals surface area contributed by atoms with E-state index in [9.17, 15) is 4.79 Å². The lowest BCUT2D eigenvalue weighted by atomic mass is 10.1. The van der Waals surface area contributed by atoms with E-state index < -0.39 is 5.97 Å². The first-order chi connectivity index (χ1) is 10.1. The van der Waals surface area contributed by atoms with Crippen molar-refractivity contribution >= 4 is 11.6 Å². The third kappa shape index (κ3) is 2.20. The molecule has 0 saturated carbocycles. The number of aromatic carboxylic acids is 1. The van der Waals surface area contributed by atoms with E-state index in [1.165, 1.54) is 6.20 Å². The van der Waals surface area contributed by atoms with Crippen LogP contribution >= 0.6 is 0 Å². The topological polar surface area (TPSA) is 76.7 Å². The molecular formula is C15H13N3O3. The van der Waals surface area contributed by atoms with Gasteiger partial charge in [-0.05, 0) is 31.2 Å². The highest BCUT2D eigenvalue weighted by molar-refractivity contribution is 5.88. The molecule has 2 heterocycles. The molecule has 0 spiro atoms. The summed E-state index contributed by atoms with van der Waals surface area (Å²) < 4.78 is 6.67. The van der Waals surface area contributed by atoms with E-state index in [2.05, 4.69) is 10.1 Å². The number of nitrogens with zero attached hydrogens (tertiary/aromatic N) is 3. The van der Waals surface area contributed by atoms with Crippen molar-refractivity contribution in [2.45, 2.75) is 6.92 Å². The van der Waals surface area contributed by atoms with E-state index in [0.717, 1.165) is 17.0 Å². The van der Waals surface area contributed by atoms with Gasteiger partial charge in [0.05, 0.1) is 24.1 Å². The molecule has 3 rings (SSSR count). The van der Waals surface area contributed by atoms with Gasteiger partial charge in [-0.3, -0.25) is 0 Å². The highest BCUT2D eigenvalue weighted by Crippen LogP contribution is 2.23. The molecule has 0 atom stereocenters. The van der Waals surface area contributed by atoms with Crippen LogP contribution in [0.2, 0.25) is 0 Å². The van der Waals surface area contributed by atoms with Crippen LogP contribution in [-0.4, -0.2) is 32.8 Å². The number of ether oxygens (including phenoxy) is 1. The zero-order chi connectivity index (χ0) is 15.0. The summed E-state index contributed by atoms with van der Waals surface area (Å²) in [5, 5.41) is 13.5. The van der Waals surface area contributed by atoms with Crippen LogP contribution in [-0.2, 0) is 0 Å². The third-order valence-electron chi connectivity index (χ3n) is 3.34. The summed E-state index contributed by atoms with van der Waals surface area (Å²) in [6.07, 6.45) is 1.35. The molecule has 21 heavy (non-hydrogen) atoms. The van der Waals surface area contributed by atoms with Crippen molar-refractivity contribution in [3.63, 3.8) is 0 Å². The van der Waals surface area contributed by atoms with Crippen LogP contribution < -0.4 is 4.74 Å². The quantitative estimate of drug-likeness (QED) is 0.798. The van der Waals surface area contributed by atoms with E-state index in [1.807, 2.05) is 30.3 Å². The Bertz CT molecular complexity index is 822. The first-order valence-corrected chi connectivity index (χ1v) is 6.33. The van der Waals surface area contributed by atoms with E-state index in [-0.39, 0.29) is 5.56 Å². The summed E-state index contributed by atoms with van der Waals surface area (Å²) in [4.78, 5) is 15.3. The Morgan fingerprint density at radius 2 is 2.00 bits per heavy atom. The van der Waals surface area contributed by atoms with Crippen molar-refractivity contribution < 1.29 is 14.6 Å². The minimum absolute atomic E-state index is 0.145. The fourth-order valence-corrected chi connectivity index (χ4v) is 2.16. The first kappa shape index (κ1) is 13.1. The van der Waals surface area contributed by atoms with Crippen LogP contribution in [0.1, 0.15) is 16.1 Å². The maximum atomic E-state index is 11.1. The number of aryl methyl sites for hydroxylation is 1. The van der Waals surface area contributed by atoms with Gasteiger partial charge in [0.25, 0.3) is 0 Å². The lowest BCUT2D eigenvalue weighted by Crippen LogP contribution is -2.06. The van der Waals surface area contributed by atoms with Crippen molar-refractivity contribution in [3.8, 4) is 17.0 Å². The molecule has 0 aliphatic carbocycles. The number of carboxylic acids is 1. The van der Waals surface area contributed by atoms with Crippen LogP contribution in [0.4, 0.5) is 0 Å². The molecule has 6 nitrogen and oxygen atoms in total. The van der Waals surface area contributed by atoms with Crippen LogP contribution in [0.5, 0.6) is 5.75 Å². The Balaban J connectivity index is 2.12. The number of carboxylic acid groups (broad SMARTS) is 1. The number of rotatable bonds is 3. The number of carbonyl (C=O) groups is 1. The number of fused-ring (bicyclic) bond motifs is 1. The lowest BCUT2D eigenvalue weighted by molar-refractivity contribution is 0.0695. The smallest absolute Gasteiger partial charge is 0.339 e. The summed E-state index contributed by atoms with van der Waals surface area (Å²) in [5.41, 5.74) is 2.95. The molecule has 1 aromatic carbocycles. The van der Waals surface area contributed by atoms with Crippen molar-refractivity contribution in [1.29, 1.82) is 0 Å². The van der Waals surface area contributed by atoms with Gasteiger partial charge in [-0.15, -0.1) is 0 Å². The molecule has 106 valence electrons. The second-order valence-corrected chi connectivity index (χ2v) is 4.59. The minimum atomic E-state index is -1.01. The van der Waals surface area contributed by atoms with Crippen LogP contribution in [0, 0.1) is 6.92 Å². The monoisotopic (exact) mass is 283 g/mol. The Morgan fingerprint density at radius 1 is 1.29 bits per heavy atom. The molecule has 0 saturated heterocycles. The second kappa shape index (κ2) is 4.90. The first-order valence-electron chi connectivity index (χ1n) is 6.33. The van der Waals surface area contributed by atoms with Gasteiger partial charge in [-0.1, -0.05) is 0 Å². The predicted octanol–water partition coefficient (Wildman–Crippen LogP) is 2.41. The fraction of sp³-hybridized carbons (Fsp3) is 0.133. The zero-order valence-corrected chi connectivity index (χ0v) is 11.6. The molecule has 0 amide bonds. The molecule has 6 heteroatoms. The molecule has 3 aromatic rings. The summed E-state index contributed by atoms with van der Waals surface area (Å²) >= 11 is 0. The summed E-state index contributed by atoms with van der Waals surface area (Å²) in [6.45, 7) is 1.71. The van der Waals surface area contributed by atoms with E-state index in [4.69, 9.17) is 9.84 Å². The molecule has 0 unspecified atom stereocenters. The van der Waals surface area contributed by atoms with E-state index >= 15 is 0 Å². The number of methoxy groups -OCH3 is 1. The van der Waals surface area contributed by atoms with E-state index in [0.29, 0.717) is 11.3 Å². The average Bonchev–Trinajstić information content (AvgIpc) is 2.92. The maximum Gasteiger partial charge on any atom is 0.339 e. The van der Waals surface area contributed by atoms with Gasteiger partial charge in [0.1, 0.15) is 5.75 Å². The van der Waals surface area contributed by atoms with Gasteiger partial charge in [0.2, 0.25) is 0 Å². The molecule has 0 aliphatic rings. The van der Waals surface area contributed by atoms with Gasteiger partial charge < -0.3 is 9.84 Å². The number of aromatic nitrogens is 3. The molecular weight excluding hydrogens is 270 g/mol. The highest BCUT2D eigenvalue weighted by atomic mass is 16.5. The summed E-state index contributed by atoms with van der Waals surface area (Å²) in [6, 6.07) is 9.31. The van der Waals surface area contributed by atoms with E-state index in [1.54, 1.807) is 18.5 Å². The van der Waals surface area contributed by atoms with Crippen LogP contribution in [0.15, 0.2) is 36.5 Å². The van der Waals surface area contributed by atoms with Gasteiger partial charge in [0, 0.05) is 17.8 Å². The summed E-state index contributed by atoms with van der Waals surface area (Å²) in [7, 11) is 1.61. The Kier molecular flexibility index (Phi) is 3.06. The van der Waals surface area contributed by atoms with Crippen molar-refractivity contribution in [2.24, 2.45) is 0 Å². The molecule has 1 N–H and O–H groups in total. The lowest BCUT2D eigenvalue weighted by Gasteiger charge is -2.02. The molecule has 2 aromatic heterocycles. The fourth-order valence-electron chi connectivity index (χ4n) is 2.16. The Labute approximate surface area is 120 Å². The number of benzene rings is 1. The van der Waals surface area contributed by atoms with Gasteiger partial charge in [0.15, 0.2) is 5.65 Å². The van der Waals surface area contributed by atoms with Crippen molar-refractivity contribution in [1.82, 2.24) is 14.6 Å². The zero-order valence-electron chi connectivity index (χ0n) is 11.6. The summed E-state index contributed by atoms with van der Waals surface area (Å²) in [5.74, 6) is -0.242. The molecule has 0 bridgehead atoms. The normalized spacial score (nSPS) is 10.8. The highest BCUT2D eigenvalue weighted by Gasteiger charge is 2.13. The Hall–Kier alpha value is -2.89. The van der Waals surface area contributed by atoms with Crippen LogP contribution in [0.3, 0.4) is 0 Å². The number of hydrogen-bond acceptors (Lipinski definition) is 4. The average molecular weight is 283 g/mol. The third-order valence-corrected chi connectivity index (χ3v) is 3.34. The maximum absolute atomic E-state index is 11.1. The predicted molar refractivity (Wildman–Crippen MR) is 76.7 cm³/mol.